The Labute approximate surface area is 161 Å². The minimum absolute atomic E-state index is 0.259. The molecule has 7 nitrogen and oxygen atoms in total. The fourth-order valence-corrected chi connectivity index (χ4v) is 2.94. The molecule has 0 unspecified atom stereocenters. The first-order valence-electron chi connectivity index (χ1n) is 9.74. The van der Waals surface area contributed by atoms with Crippen LogP contribution in [0.4, 0.5) is 4.79 Å². The molecule has 1 aliphatic heterocycles. The van der Waals surface area contributed by atoms with Crippen LogP contribution < -0.4 is 4.74 Å². The standard InChI is InChI=1S/C20H32N2O5/c1-3-17-5-7-19(8-6-17)27-14-13-25-16-18(23)15-21-9-11-22(12-10-21)20(24)26-4-2/h5-8,18,23H,3-4,9-16H2,1-2H3/t18-/m0/s1. The number of hydrogen-bond acceptors (Lipinski definition) is 6. The van der Waals surface area contributed by atoms with Gasteiger partial charge >= 0.3 is 6.09 Å². The Morgan fingerprint density at radius 3 is 2.44 bits per heavy atom. The zero-order valence-corrected chi connectivity index (χ0v) is 16.4. The molecule has 0 aromatic heterocycles. The number of amides is 1. The predicted molar refractivity (Wildman–Crippen MR) is 103 cm³/mol. The molecule has 7 heteroatoms. The molecule has 0 bridgehead atoms. The van der Waals surface area contributed by atoms with Crippen molar-refractivity contribution in [3.63, 3.8) is 0 Å². The molecule has 1 amide bonds. The first-order valence-corrected chi connectivity index (χ1v) is 9.74. The van der Waals surface area contributed by atoms with Gasteiger partial charge in [0.15, 0.2) is 0 Å². The van der Waals surface area contributed by atoms with E-state index in [0.717, 1.165) is 25.3 Å². The third-order valence-corrected chi connectivity index (χ3v) is 4.51. The SMILES string of the molecule is CCOC(=O)N1CCN(C[C@H](O)COCCOc2ccc(CC)cc2)CC1. The molecule has 1 aromatic carbocycles. The van der Waals surface area contributed by atoms with Crippen molar-refractivity contribution in [3.05, 3.63) is 29.8 Å². The number of β-amino-alcohol motifs (C(OH)–C–C–N with tert-alkyl or cyclic N) is 1. The highest BCUT2D eigenvalue weighted by Crippen LogP contribution is 2.12. The lowest BCUT2D eigenvalue weighted by molar-refractivity contribution is -0.0000939. The van der Waals surface area contributed by atoms with Gasteiger partial charge < -0.3 is 24.2 Å². The van der Waals surface area contributed by atoms with Crippen LogP contribution in [0.1, 0.15) is 19.4 Å². The lowest BCUT2D eigenvalue weighted by Crippen LogP contribution is -2.51. The van der Waals surface area contributed by atoms with Gasteiger partial charge in [-0.15, -0.1) is 0 Å². The van der Waals surface area contributed by atoms with Crippen LogP contribution in [0.25, 0.3) is 0 Å². The molecule has 1 N–H and O–H groups in total. The van der Waals surface area contributed by atoms with E-state index in [9.17, 15) is 9.90 Å². The zero-order valence-electron chi connectivity index (χ0n) is 16.4. The summed E-state index contributed by atoms with van der Waals surface area (Å²) in [5, 5.41) is 10.1. The van der Waals surface area contributed by atoms with Gasteiger partial charge in [-0.1, -0.05) is 19.1 Å². The molecule has 0 radical (unpaired) electrons. The molecule has 2 rings (SSSR count). The fraction of sp³-hybridized carbons (Fsp3) is 0.650. The first kappa shape index (κ1) is 21.5. The number of aliphatic hydroxyl groups excluding tert-OH is 1. The number of aliphatic hydroxyl groups is 1. The van der Waals surface area contributed by atoms with E-state index in [1.54, 1.807) is 11.8 Å². The zero-order chi connectivity index (χ0) is 19.5. The Morgan fingerprint density at radius 2 is 1.81 bits per heavy atom. The average molecular weight is 380 g/mol. The van der Waals surface area contributed by atoms with Gasteiger partial charge in [-0.2, -0.15) is 0 Å². The second-order valence-corrected chi connectivity index (χ2v) is 6.56. The first-order chi connectivity index (χ1) is 13.1. The molecule has 1 fully saturated rings. The summed E-state index contributed by atoms with van der Waals surface area (Å²) in [5.74, 6) is 0.829. The largest absolute Gasteiger partial charge is 0.491 e. The van der Waals surface area contributed by atoms with Crippen LogP contribution in [0.5, 0.6) is 5.75 Å². The molecule has 1 aromatic rings. The predicted octanol–water partition coefficient (Wildman–Crippen LogP) is 1.78. The maximum absolute atomic E-state index is 11.7. The number of benzene rings is 1. The van der Waals surface area contributed by atoms with Gasteiger partial charge in [0.05, 0.1) is 25.9 Å². The third kappa shape index (κ3) is 7.74. The van der Waals surface area contributed by atoms with Crippen LogP contribution in [-0.2, 0) is 15.9 Å². The average Bonchev–Trinajstić information content (AvgIpc) is 2.69. The highest BCUT2D eigenvalue weighted by atomic mass is 16.6. The van der Waals surface area contributed by atoms with Gasteiger partial charge in [-0.3, -0.25) is 4.90 Å². The molecular formula is C20H32N2O5. The van der Waals surface area contributed by atoms with Crippen LogP contribution in [-0.4, -0.2) is 86.3 Å². The van der Waals surface area contributed by atoms with E-state index in [4.69, 9.17) is 14.2 Å². The number of aryl methyl sites for hydroxylation is 1. The summed E-state index contributed by atoms with van der Waals surface area (Å²) >= 11 is 0. The normalized spacial score (nSPS) is 16.2. The van der Waals surface area contributed by atoms with Crippen LogP contribution in [0, 0.1) is 0 Å². The van der Waals surface area contributed by atoms with E-state index < -0.39 is 6.10 Å². The van der Waals surface area contributed by atoms with Crippen LogP contribution >= 0.6 is 0 Å². The van der Waals surface area contributed by atoms with Gasteiger partial charge in [0.1, 0.15) is 12.4 Å². The molecule has 27 heavy (non-hydrogen) atoms. The number of rotatable bonds is 10. The Balaban J connectivity index is 1.53. The lowest BCUT2D eigenvalue weighted by atomic mass is 10.2. The molecule has 1 saturated heterocycles. The minimum Gasteiger partial charge on any atom is -0.491 e. The summed E-state index contributed by atoms with van der Waals surface area (Å²) in [6.45, 7) is 8.72. The monoisotopic (exact) mass is 380 g/mol. The highest BCUT2D eigenvalue weighted by Gasteiger charge is 2.23. The molecule has 1 aliphatic rings. The van der Waals surface area contributed by atoms with Gasteiger partial charge in [0, 0.05) is 32.7 Å². The summed E-state index contributed by atoms with van der Waals surface area (Å²) < 4.78 is 16.1. The molecule has 1 atom stereocenters. The Morgan fingerprint density at radius 1 is 1.11 bits per heavy atom. The van der Waals surface area contributed by atoms with Crippen molar-refractivity contribution in [1.82, 2.24) is 9.80 Å². The summed E-state index contributed by atoms with van der Waals surface area (Å²) in [6, 6.07) is 8.04. The topological polar surface area (TPSA) is 71.5 Å². The number of carbonyl (C=O) groups excluding carboxylic acids is 1. The molecule has 1 heterocycles. The summed E-state index contributed by atoms with van der Waals surface area (Å²) in [7, 11) is 0. The Hall–Kier alpha value is -1.83. The number of piperazine rings is 1. The van der Waals surface area contributed by atoms with E-state index in [2.05, 4.69) is 24.0 Å². The third-order valence-electron chi connectivity index (χ3n) is 4.51. The van der Waals surface area contributed by atoms with Crippen molar-refractivity contribution in [1.29, 1.82) is 0 Å². The van der Waals surface area contributed by atoms with Gasteiger partial charge in [0.25, 0.3) is 0 Å². The van der Waals surface area contributed by atoms with Crippen LogP contribution in [0.2, 0.25) is 0 Å². The van der Waals surface area contributed by atoms with Crippen LogP contribution in [0.3, 0.4) is 0 Å². The molecule has 0 aliphatic carbocycles. The lowest BCUT2D eigenvalue weighted by Gasteiger charge is -2.34. The highest BCUT2D eigenvalue weighted by molar-refractivity contribution is 5.67. The molecular weight excluding hydrogens is 348 g/mol. The van der Waals surface area contributed by atoms with E-state index >= 15 is 0 Å². The summed E-state index contributed by atoms with van der Waals surface area (Å²) in [4.78, 5) is 15.5. The van der Waals surface area contributed by atoms with E-state index in [1.807, 2.05) is 12.1 Å². The van der Waals surface area contributed by atoms with Gasteiger partial charge in [0.2, 0.25) is 0 Å². The number of carbonyl (C=O) groups is 1. The quantitative estimate of drug-likeness (QED) is 0.624. The Kier molecular flexibility index (Phi) is 9.38. The van der Waals surface area contributed by atoms with Crippen molar-refractivity contribution in [2.75, 3.05) is 59.2 Å². The number of hydrogen-bond donors (Lipinski definition) is 1. The molecule has 0 saturated carbocycles. The minimum atomic E-state index is -0.553. The van der Waals surface area contributed by atoms with E-state index in [-0.39, 0.29) is 12.7 Å². The second kappa shape index (κ2) is 11.8. The Bertz CT molecular complexity index is 544. The van der Waals surface area contributed by atoms with Crippen molar-refractivity contribution < 1.29 is 24.1 Å². The molecule has 0 spiro atoms. The van der Waals surface area contributed by atoms with Crippen molar-refractivity contribution in [2.45, 2.75) is 26.4 Å². The molecule has 152 valence electrons. The number of nitrogens with zero attached hydrogens (tertiary/aromatic N) is 2. The fourth-order valence-electron chi connectivity index (χ4n) is 2.94. The van der Waals surface area contributed by atoms with Crippen molar-refractivity contribution >= 4 is 6.09 Å². The summed E-state index contributed by atoms with van der Waals surface area (Å²) in [5.41, 5.74) is 1.28. The number of ether oxygens (including phenoxy) is 3. The van der Waals surface area contributed by atoms with Crippen molar-refractivity contribution in [2.24, 2.45) is 0 Å². The van der Waals surface area contributed by atoms with Crippen LogP contribution in [0.15, 0.2) is 24.3 Å². The second-order valence-electron chi connectivity index (χ2n) is 6.56. The van der Waals surface area contributed by atoms with E-state index in [0.29, 0.717) is 39.5 Å². The summed E-state index contributed by atoms with van der Waals surface area (Å²) in [6.07, 6.45) is 0.201. The maximum Gasteiger partial charge on any atom is 0.409 e. The maximum atomic E-state index is 11.7. The smallest absolute Gasteiger partial charge is 0.409 e. The van der Waals surface area contributed by atoms with Crippen molar-refractivity contribution in [3.8, 4) is 5.75 Å². The van der Waals surface area contributed by atoms with Gasteiger partial charge in [-0.25, -0.2) is 4.79 Å². The van der Waals surface area contributed by atoms with E-state index in [1.165, 1.54) is 5.56 Å². The van der Waals surface area contributed by atoms with Gasteiger partial charge in [-0.05, 0) is 31.0 Å².